The minimum atomic E-state index is -0.304. The van der Waals surface area contributed by atoms with Crippen LogP contribution in [-0.2, 0) is 6.54 Å². The van der Waals surface area contributed by atoms with Crippen LogP contribution in [-0.4, -0.2) is 7.11 Å². The predicted molar refractivity (Wildman–Crippen MR) is 44.1 cm³/mol. The van der Waals surface area contributed by atoms with Gasteiger partial charge in [-0.05, 0) is 6.07 Å². The summed E-state index contributed by atoms with van der Waals surface area (Å²) in [5.74, 6) is 0.210. The average molecular weight is 167 g/mol. The number of hydrogen-bond donors (Lipinski definition) is 0. The highest BCUT2D eigenvalue weighted by atomic mass is 19.1. The molecule has 0 heterocycles. The zero-order valence-corrected chi connectivity index (χ0v) is 6.88. The SMILES string of the molecule is [CH2-][N]Cc1ccc(OC)cc1F. The Hall–Kier alpha value is -1.09. The molecule has 1 aromatic rings. The molecule has 0 aliphatic heterocycles. The molecule has 65 valence electrons. The fraction of sp³-hybridized carbons (Fsp3) is 0.222. The topological polar surface area (TPSA) is 23.3 Å². The van der Waals surface area contributed by atoms with E-state index in [1.54, 1.807) is 12.1 Å². The maximum absolute atomic E-state index is 13.1. The molecule has 0 aliphatic carbocycles. The molecule has 2 nitrogen and oxygen atoms in total. The fourth-order valence-electron chi connectivity index (χ4n) is 0.904. The van der Waals surface area contributed by atoms with Crippen molar-refractivity contribution >= 4 is 0 Å². The molecule has 0 amide bonds. The van der Waals surface area contributed by atoms with Gasteiger partial charge >= 0.3 is 0 Å². The summed E-state index contributed by atoms with van der Waals surface area (Å²) in [6.45, 7) is 0.301. The summed E-state index contributed by atoms with van der Waals surface area (Å²) < 4.78 is 17.9. The van der Waals surface area contributed by atoms with Crippen molar-refractivity contribution in [1.29, 1.82) is 0 Å². The van der Waals surface area contributed by atoms with Gasteiger partial charge in [0.05, 0.1) is 7.11 Å². The summed E-state index contributed by atoms with van der Waals surface area (Å²) in [6.07, 6.45) is 0. The van der Waals surface area contributed by atoms with Crippen LogP contribution < -0.4 is 10.1 Å². The molecule has 0 aliphatic rings. The van der Waals surface area contributed by atoms with Crippen LogP contribution in [0.15, 0.2) is 18.2 Å². The molecule has 0 unspecified atom stereocenters. The first kappa shape index (κ1) is 9.00. The van der Waals surface area contributed by atoms with Crippen LogP contribution in [0, 0.1) is 12.9 Å². The molecule has 0 bridgehead atoms. The van der Waals surface area contributed by atoms with Gasteiger partial charge in [0.25, 0.3) is 0 Å². The van der Waals surface area contributed by atoms with Gasteiger partial charge in [0.2, 0.25) is 0 Å². The summed E-state index contributed by atoms with van der Waals surface area (Å²) >= 11 is 0. The second kappa shape index (κ2) is 4.07. The molecule has 3 heteroatoms. The van der Waals surface area contributed by atoms with E-state index in [2.05, 4.69) is 12.4 Å². The van der Waals surface area contributed by atoms with E-state index in [0.717, 1.165) is 0 Å². The molecule has 0 saturated heterocycles. The van der Waals surface area contributed by atoms with Crippen LogP contribution in [0.2, 0.25) is 0 Å². The van der Waals surface area contributed by atoms with Crippen molar-refractivity contribution in [2.75, 3.05) is 7.11 Å². The van der Waals surface area contributed by atoms with E-state index in [1.165, 1.54) is 13.2 Å². The Morgan fingerprint density at radius 1 is 1.58 bits per heavy atom. The first-order valence-electron chi connectivity index (χ1n) is 3.53. The van der Waals surface area contributed by atoms with Crippen LogP contribution in [0.3, 0.4) is 0 Å². The van der Waals surface area contributed by atoms with Gasteiger partial charge in [-0.25, -0.2) is 4.39 Å². The standard InChI is InChI=1S/C9H10FNO/c1-11-6-7-3-4-8(12-2)5-9(7)10/h3-5H,1,6H2,2H3/q-1. The van der Waals surface area contributed by atoms with Gasteiger partial charge < -0.3 is 10.1 Å². The van der Waals surface area contributed by atoms with Gasteiger partial charge in [-0.3, -0.25) is 7.05 Å². The van der Waals surface area contributed by atoms with E-state index in [4.69, 9.17) is 4.74 Å². The van der Waals surface area contributed by atoms with Crippen molar-refractivity contribution in [1.82, 2.24) is 5.32 Å². The number of nitrogens with zero attached hydrogens (tertiary/aromatic N) is 1. The smallest absolute Gasteiger partial charge is 0.131 e. The van der Waals surface area contributed by atoms with Crippen molar-refractivity contribution in [3.63, 3.8) is 0 Å². The molecule has 1 rings (SSSR count). The van der Waals surface area contributed by atoms with Crippen LogP contribution in [0.4, 0.5) is 4.39 Å². The van der Waals surface area contributed by atoms with Gasteiger partial charge in [0.15, 0.2) is 0 Å². The number of methoxy groups -OCH3 is 1. The number of hydrogen-bond acceptors (Lipinski definition) is 1. The molecule has 0 atom stereocenters. The van der Waals surface area contributed by atoms with Gasteiger partial charge in [-0.2, -0.15) is 0 Å². The highest BCUT2D eigenvalue weighted by molar-refractivity contribution is 5.28. The molecular formula is C9H10FNO-. The Morgan fingerprint density at radius 2 is 2.33 bits per heavy atom. The van der Waals surface area contributed by atoms with Crippen molar-refractivity contribution in [3.8, 4) is 5.75 Å². The summed E-state index contributed by atoms with van der Waals surface area (Å²) in [5, 5.41) is 3.59. The lowest BCUT2D eigenvalue weighted by molar-refractivity contribution is 0.410. The van der Waals surface area contributed by atoms with Gasteiger partial charge in [0.1, 0.15) is 11.6 Å². The molecular weight excluding hydrogens is 157 g/mol. The molecule has 1 aromatic carbocycles. The lowest BCUT2D eigenvalue weighted by Gasteiger charge is -2.05. The maximum atomic E-state index is 13.1. The van der Waals surface area contributed by atoms with E-state index in [1.807, 2.05) is 0 Å². The first-order valence-corrected chi connectivity index (χ1v) is 3.53. The van der Waals surface area contributed by atoms with E-state index in [-0.39, 0.29) is 5.82 Å². The molecule has 0 N–H and O–H groups in total. The number of rotatable bonds is 3. The second-order valence-electron chi connectivity index (χ2n) is 2.34. The highest BCUT2D eigenvalue weighted by Crippen LogP contribution is 2.15. The Kier molecular flexibility index (Phi) is 3.05. The van der Waals surface area contributed by atoms with E-state index < -0.39 is 0 Å². The molecule has 12 heavy (non-hydrogen) atoms. The third-order valence-electron chi connectivity index (χ3n) is 1.54. The van der Waals surface area contributed by atoms with Gasteiger partial charge in [-0.15, -0.1) is 0 Å². The second-order valence-corrected chi connectivity index (χ2v) is 2.34. The van der Waals surface area contributed by atoms with E-state index in [9.17, 15) is 4.39 Å². The largest absolute Gasteiger partial charge is 0.497 e. The van der Waals surface area contributed by atoms with E-state index >= 15 is 0 Å². The van der Waals surface area contributed by atoms with Crippen LogP contribution >= 0.6 is 0 Å². The zero-order chi connectivity index (χ0) is 8.97. The van der Waals surface area contributed by atoms with E-state index in [0.29, 0.717) is 17.9 Å². The van der Waals surface area contributed by atoms with Gasteiger partial charge in [-0.1, -0.05) is 6.07 Å². The molecule has 0 spiro atoms. The summed E-state index contributed by atoms with van der Waals surface area (Å²) in [6, 6.07) is 4.67. The van der Waals surface area contributed by atoms with Crippen LogP contribution in [0.25, 0.3) is 0 Å². The van der Waals surface area contributed by atoms with Crippen LogP contribution in [0.1, 0.15) is 5.56 Å². The Morgan fingerprint density at radius 3 is 2.83 bits per heavy atom. The summed E-state index contributed by atoms with van der Waals surface area (Å²) in [4.78, 5) is 0. The third-order valence-corrected chi connectivity index (χ3v) is 1.54. The average Bonchev–Trinajstić information content (AvgIpc) is 2.09. The lowest BCUT2D eigenvalue weighted by atomic mass is 10.2. The quantitative estimate of drug-likeness (QED) is 0.629. The Labute approximate surface area is 71.4 Å². The predicted octanol–water partition coefficient (Wildman–Crippen LogP) is 1.73. The monoisotopic (exact) mass is 167 g/mol. The summed E-state index contributed by atoms with van der Waals surface area (Å²) in [7, 11) is 4.79. The fourth-order valence-corrected chi connectivity index (χ4v) is 0.904. The van der Waals surface area contributed by atoms with Crippen molar-refractivity contribution in [2.24, 2.45) is 0 Å². The third kappa shape index (κ3) is 1.95. The van der Waals surface area contributed by atoms with Crippen molar-refractivity contribution in [2.45, 2.75) is 6.54 Å². The number of ether oxygens (including phenoxy) is 1. The first-order chi connectivity index (χ1) is 5.77. The normalized spacial score (nSPS) is 9.92. The molecule has 0 saturated carbocycles. The Balaban J connectivity index is 2.87. The number of benzene rings is 1. The molecule has 1 radical (unpaired) electrons. The zero-order valence-electron chi connectivity index (χ0n) is 6.88. The molecule has 0 aromatic heterocycles. The van der Waals surface area contributed by atoms with Crippen LogP contribution in [0.5, 0.6) is 5.75 Å². The highest BCUT2D eigenvalue weighted by Gasteiger charge is 2.00. The van der Waals surface area contributed by atoms with Crippen molar-refractivity contribution in [3.05, 3.63) is 36.6 Å². The summed E-state index contributed by atoms with van der Waals surface area (Å²) in [5.41, 5.74) is 0.533. The number of halogens is 1. The molecule has 0 fully saturated rings. The minimum absolute atomic E-state index is 0.301. The lowest BCUT2D eigenvalue weighted by Crippen LogP contribution is -1.98. The van der Waals surface area contributed by atoms with Gasteiger partial charge in [0, 0.05) is 18.2 Å². The maximum Gasteiger partial charge on any atom is 0.131 e. The van der Waals surface area contributed by atoms with Crippen molar-refractivity contribution < 1.29 is 9.13 Å². The Bertz CT molecular complexity index is 263. The minimum Gasteiger partial charge on any atom is -0.497 e.